The number of likely N-dealkylation sites (tertiary alicyclic amines) is 2. The summed E-state index contributed by atoms with van der Waals surface area (Å²) >= 11 is 0. The highest BCUT2D eigenvalue weighted by Crippen LogP contribution is 2.51. The Bertz CT molecular complexity index is 1050. The molecule has 3 aliphatic heterocycles. The molecule has 3 fully saturated rings. The summed E-state index contributed by atoms with van der Waals surface area (Å²) in [4.78, 5) is 43.9. The molecule has 6 heteroatoms. The molecule has 0 saturated carbocycles. The first-order valence-corrected chi connectivity index (χ1v) is 11.5. The van der Waals surface area contributed by atoms with Gasteiger partial charge in [0.05, 0.1) is 11.8 Å². The molecule has 3 heterocycles. The Labute approximate surface area is 188 Å². The molecule has 5 rings (SSSR count). The van der Waals surface area contributed by atoms with E-state index in [1.807, 2.05) is 73.3 Å². The normalized spacial score (nSPS) is 29.8. The van der Waals surface area contributed by atoms with Gasteiger partial charge in [0.2, 0.25) is 17.7 Å². The lowest BCUT2D eigenvalue weighted by atomic mass is 9.74. The van der Waals surface area contributed by atoms with E-state index in [0.717, 1.165) is 17.5 Å². The van der Waals surface area contributed by atoms with Crippen molar-refractivity contribution in [3.05, 3.63) is 71.3 Å². The quantitative estimate of drug-likeness (QED) is 0.756. The summed E-state index contributed by atoms with van der Waals surface area (Å²) in [6.45, 7) is 5.36. The van der Waals surface area contributed by atoms with Crippen molar-refractivity contribution in [2.45, 2.75) is 44.8 Å². The van der Waals surface area contributed by atoms with Gasteiger partial charge in [-0.3, -0.25) is 24.6 Å². The first kappa shape index (κ1) is 20.9. The van der Waals surface area contributed by atoms with Gasteiger partial charge in [-0.05, 0) is 37.8 Å². The van der Waals surface area contributed by atoms with Gasteiger partial charge < -0.3 is 4.90 Å². The van der Waals surface area contributed by atoms with E-state index < -0.39 is 17.4 Å². The third-order valence-corrected chi connectivity index (χ3v) is 7.38. The van der Waals surface area contributed by atoms with Crippen LogP contribution in [0.5, 0.6) is 0 Å². The van der Waals surface area contributed by atoms with Gasteiger partial charge in [0.25, 0.3) is 0 Å². The smallest absolute Gasteiger partial charge is 0.244 e. The number of nitrogens with zero attached hydrogens (tertiary/aromatic N) is 2. The topological polar surface area (TPSA) is 69.7 Å². The lowest BCUT2D eigenvalue weighted by Crippen LogP contribution is -2.63. The second-order valence-corrected chi connectivity index (χ2v) is 9.24. The molecule has 166 valence electrons. The third-order valence-electron chi connectivity index (χ3n) is 7.38. The molecule has 32 heavy (non-hydrogen) atoms. The number of benzene rings is 2. The minimum atomic E-state index is -1.04. The van der Waals surface area contributed by atoms with Crippen LogP contribution in [0.3, 0.4) is 0 Å². The van der Waals surface area contributed by atoms with Crippen molar-refractivity contribution in [2.24, 2.45) is 11.8 Å². The SMILES string of the molecule is CCN1C(=O)[C@H]2[C@@H](c3ccccc3)N[C@]3(CCCN(Cc4ccc(C)cc4)C3=O)[C@H]2C1=O. The molecule has 4 atom stereocenters. The van der Waals surface area contributed by atoms with Gasteiger partial charge in [0, 0.05) is 25.7 Å². The zero-order valence-corrected chi connectivity index (χ0v) is 18.6. The highest BCUT2D eigenvalue weighted by molar-refractivity contribution is 6.10. The third kappa shape index (κ3) is 3.08. The Hall–Kier alpha value is -2.99. The fourth-order valence-corrected chi connectivity index (χ4v) is 5.85. The lowest BCUT2D eigenvalue weighted by Gasteiger charge is -2.42. The molecular weight excluding hydrogens is 402 g/mol. The second kappa shape index (κ2) is 7.85. The van der Waals surface area contributed by atoms with Crippen LogP contribution in [0.15, 0.2) is 54.6 Å². The number of hydrogen-bond acceptors (Lipinski definition) is 4. The minimum Gasteiger partial charge on any atom is -0.337 e. The maximum absolute atomic E-state index is 14.0. The van der Waals surface area contributed by atoms with Gasteiger partial charge in [-0.15, -0.1) is 0 Å². The summed E-state index contributed by atoms with van der Waals surface area (Å²) in [5, 5.41) is 3.55. The van der Waals surface area contributed by atoms with Gasteiger partial charge >= 0.3 is 0 Å². The average molecular weight is 432 g/mol. The van der Waals surface area contributed by atoms with Crippen LogP contribution in [-0.2, 0) is 20.9 Å². The summed E-state index contributed by atoms with van der Waals surface area (Å²) in [5.74, 6) is -1.64. The van der Waals surface area contributed by atoms with Crippen LogP contribution in [0.2, 0.25) is 0 Å². The first-order valence-electron chi connectivity index (χ1n) is 11.5. The average Bonchev–Trinajstić information content (AvgIpc) is 3.27. The number of carbonyl (C=O) groups excluding carboxylic acids is 3. The van der Waals surface area contributed by atoms with Crippen LogP contribution >= 0.6 is 0 Å². The molecule has 0 aliphatic carbocycles. The highest BCUT2D eigenvalue weighted by Gasteiger charge is 2.68. The van der Waals surface area contributed by atoms with Crippen molar-refractivity contribution >= 4 is 17.7 Å². The number of hydrogen-bond donors (Lipinski definition) is 1. The Balaban J connectivity index is 1.53. The number of carbonyl (C=O) groups is 3. The summed E-state index contributed by atoms with van der Waals surface area (Å²) in [5.41, 5.74) is 2.15. The lowest BCUT2D eigenvalue weighted by molar-refractivity contribution is -0.150. The van der Waals surface area contributed by atoms with Crippen molar-refractivity contribution in [1.82, 2.24) is 15.1 Å². The van der Waals surface area contributed by atoms with E-state index in [-0.39, 0.29) is 23.8 Å². The van der Waals surface area contributed by atoms with E-state index in [1.165, 1.54) is 10.5 Å². The second-order valence-electron chi connectivity index (χ2n) is 9.24. The summed E-state index contributed by atoms with van der Waals surface area (Å²) in [7, 11) is 0. The van der Waals surface area contributed by atoms with Crippen molar-refractivity contribution < 1.29 is 14.4 Å². The number of rotatable bonds is 4. The molecule has 2 aromatic rings. The molecule has 3 saturated heterocycles. The number of fused-ring (bicyclic) bond motifs is 2. The van der Waals surface area contributed by atoms with E-state index in [2.05, 4.69) is 5.32 Å². The van der Waals surface area contributed by atoms with Crippen molar-refractivity contribution in [1.29, 1.82) is 0 Å². The minimum absolute atomic E-state index is 0.0585. The van der Waals surface area contributed by atoms with Gasteiger partial charge in [0.1, 0.15) is 5.54 Å². The molecule has 1 N–H and O–H groups in total. The van der Waals surface area contributed by atoms with Crippen molar-refractivity contribution in [2.75, 3.05) is 13.1 Å². The Kier molecular flexibility index (Phi) is 5.13. The number of amides is 3. The summed E-state index contributed by atoms with van der Waals surface area (Å²) in [6, 6.07) is 17.6. The van der Waals surface area contributed by atoms with E-state index in [1.54, 1.807) is 0 Å². The van der Waals surface area contributed by atoms with Gasteiger partial charge in [-0.2, -0.15) is 0 Å². The van der Waals surface area contributed by atoms with Crippen molar-refractivity contribution in [3.8, 4) is 0 Å². The molecular formula is C26H29N3O3. The molecule has 0 aromatic heterocycles. The van der Waals surface area contributed by atoms with E-state index in [4.69, 9.17) is 0 Å². The van der Waals surface area contributed by atoms with Crippen LogP contribution < -0.4 is 5.32 Å². The molecule has 2 aromatic carbocycles. The van der Waals surface area contributed by atoms with E-state index >= 15 is 0 Å². The predicted molar refractivity (Wildman–Crippen MR) is 120 cm³/mol. The van der Waals surface area contributed by atoms with Crippen LogP contribution in [0.25, 0.3) is 0 Å². The fraction of sp³-hybridized carbons (Fsp3) is 0.423. The predicted octanol–water partition coefficient (Wildman–Crippen LogP) is 2.82. The van der Waals surface area contributed by atoms with E-state index in [0.29, 0.717) is 26.1 Å². The van der Waals surface area contributed by atoms with Gasteiger partial charge in [0.15, 0.2) is 0 Å². The van der Waals surface area contributed by atoms with Crippen molar-refractivity contribution in [3.63, 3.8) is 0 Å². The molecule has 0 radical (unpaired) electrons. The monoisotopic (exact) mass is 431 g/mol. The Morgan fingerprint density at radius 3 is 2.41 bits per heavy atom. The molecule has 1 spiro atoms. The largest absolute Gasteiger partial charge is 0.337 e. The molecule has 0 unspecified atom stereocenters. The van der Waals surface area contributed by atoms with Crippen LogP contribution in [0.1, 0.15) is 42.5 Å². The van der Waals surface area contributed by atoms with E-state index in [9.17, 15) is 14.4 Å². The van der Waals surface area contributed by atoms with Gasteiger partial charge in [-0.25, -0.2) is 0 Å². The zero-order chi connectivity index (χ0) is 22.5. The maximum Gasteiger partial charge on any atom is 0.244 e. The summed E-state index contributed by atoms with van der Waals surface area (Å²) in [6.07, 6.45) is 1.36. The zero-order valence-electron chi connectivity index (χ0n) is 18.6. The number of aryl methyl sites for hydroxylation is 1. The molecule has 6 nitrogen and oxygen atoms in total. The Morgan fingerprint density at radius 2 is 1.72 bits per heavy atom. The molecule has 3 amide bonds. The number of imide groups is 1. The Morgan fingerprint density at radius 1 is 1.00 bits per heavy atom. The standard InChI is InChI=1S/C26H29N3O3/c1-3-29-23(30)20-21(24(29)31)26(27-22(20)19-8-5-4-6-9-19)14-7-15-28(25(26)32)16-18-12-10-17(2)11-13-18/h4-6,8-13,20-22,27H,3,7,14-16H2,1-2H3/t20-,21-,22-,26-/m1/s1. The molecule has 3 aliphatic rings. The summed E-state index contributed by atoms with van der Waals surface area (Å²) < 4.78 is 0. The first-order chi connectivity index (χ1) is 15.5. The van der Waals surface area contributed by atoms with Crippen LogP contribution in [0.4, 0.5) is 0 Å². The highest BCUT2D eigenvalue weighted by atomic mass is 16.2. The fourth-order valence-electron chi connectivity index (χ4n) is 5.85. The molecule has 0 bridgehead atoms. The maximum atomic E-state index is 14.0. The number of nitrogens with one attached hydrogen (secondary N) is 1. The van der Waals surface area contributed by atoms with Gasteiger partial charge in [-0.1, -0.05) is 60.2 Å². The number of piperidine rings is 1. The van der Waals surface area contributed by atoms with Crippen LogP contribution in [0, 0.1) is 18.8 Å². The van der Waals surface area contributed by atoms with Crippen LogP contribution in [-0.4, -0.2) is 46.1 Å².